The summed E-state index contributed by atoms with van der Waals surface area (Å²) in [6.07, 6.45) is 2.27. The van der Waals surface area contributed by atoms with Gasteiger partial charge in [-0.3, -0.25) is 4.79 Å². The Kier molecular flexibility index (Phi) is 4.08. The molecular weight excluding hydrogens is 331 g/mol. The summed E-state index contributed by atoms with van der Waals surface area (Å²) < 4.78 is 13.8. The van der Waals surface area contributed by atoms with Crippen LogP contribution in [-0.2, 0) is 6.42 Å². The minimum Gasteiger partial charge on any atom is -0.323 e. The SMILES string of the molecule is CC1Cc2ccccc2N1c1cc(C(=O)Nc2ccccc2F)ncn1. The number of halogens is 1. The highest BCUT2D eigenvalue weighted by Crippen LogP contribution is 2.37. The maximum Gasteiger partial charge on any atom is 0.274 e. The van der Waals surface area contributed by atoms with Crippen molar-refractivity contribution in [3.05, 3.63) is 78.0 Å². The van der Waals surface area contributed by atoms with Gasteiger partial charge >= 0.3 is 0 Å². The molecule has 5 nitrogen and oxygen atoms in total. The van der Waals surface area contributed by atoms with Crippen LogP contribution < -0.4 is 10.2 Å². The van der Waals surface area contributed by atoms with Crippen LogP contribution in [0.25, 0.3) is 0 Å². The van der Waals surface area contributed by atoms with Gasteiger partial charge in [0.2, 0.25) is 0 Å². The minimum absolute atomic E-state index is 0.123. The first-order valence-electron chi connectivity index (χ1n) is 8.38. The van der Waals surface area contributed by atoms with Crippen LogP contribution in [0.15, 0.2) is 60.9 Å². The normalized spacial score (nSPS) is 15.6. The van der Waals surface area contributed by atoms with E-state index in [9.17, 15) is 9.18 Å². The molecule has 1 unspecified atom stereocenters. The first-order chi connectivity index (χ1) is 12.6. The molecule has 2 heterocycles. The average molecular weight is 348 g/mol. The van der Waals surface area contributed by atoms with Crippen LogP contribution in [0.2, 0.25) is 0 Å². The maximum absolute atomic E-state index is 13.8. The molecule has 2 aromatic carbocycles. The van der Waals surface area contributed by atoms with Crippen molar-refractivity contribution >= 4 is 23.1 Å². The van der Waals surface area contributed by atoms with Gasteiger partial charge in [-0.05, 0) is 37.1 Å². The number of fused-ring (bicyclic) bond motifs is 1. The van der Waals surface area contributed by atoms with Crippen molar-refractivity contribution in [3.63, 3.8) is 0 Å². The second kappa shape index (κ2) is 6.55. The third-order valence-electron chi connectivity index (χ3n) is 4.46. The molecule has 4 rings (SSSR count). The zero-order valence-corrected chi connectivity index (χ0v) is 14.2. The summed E-state index contributed by atoms with van der Waals surface area (Å²) in [7, 11) is 0. The Labute approximate surface area is 150 Å². The van der Waals surface area contributed by atoms with E-state index in [-0.39, 0.29) is 17.4 Å². The predicted molar refractivity (Wildman–Crippen MR) is 98.1 cm³/mol. The number of carbonyl (C=O) groups excluding carboxylic acids is 1. The monoisotopic (exact) mass is 348 g/mol. The van der Waals surface area contributed by atoms with Crippen LogP contribution in [0.1, 0.15) is 23.0 Å². The van der Waals surface area contributed by atoms with E-state index in [1.165, 1.54) is 24.0 Å². The number of nitrogens with zero attached hydrogens (tertiary/aromatic N) is 3. The first-order valence-corrected chi connectivity index (χ1v) is 8.38. The summed E-state index contributed by atoms with van der Waals surface area (Å²) in [5.41, 5.74) is 2.64. The molecule has 1 aromatic heterocycles. The van der Waals surface area contributed by atoms with Crippen molar-refractivity contribution in [2.45, 2.75) is 19.4 Å². The van der Waals surface area contributed by atoms with Crippen LogP contribution in [0.4, 0.5) is 21.6 Å². The highest BCUT2D eigenvalue weighted by Gasteiger charge is 2.28. The van der Waals surface area contributed by atoms with E-state index in [0.29, 0.717) is 5.82 Å². The number of hydrogen-bond donors (Lipinski definition) is 1. The van der Waals surface area contributed by atoms with E-state index in [1.54, 1.807) is 18.2 Å². The van der Waals surface area contributed by atoms with E-state index in [0.717, 1.165) is 12.1 Å². The Morgan fingerprint density at radius 3 is 2.77 bits per heavy atom. The Morgan fingerprint density at radius 1 is 1.15 bits per heavy atom. The van der Waals surface area contributed by atoms with Crippen LogP contribution in [0.5, 0.6) is 0 Å². The van der Waals surface area contributed by atoms with Gasteiger partial charge in [0, 0.05) is 17.8 Å². The Morgan fingerprint density at radius 2 is 1.92 bits per heavy atom. The molecule has 0 radical (unpaired) electrons. The fraction of sp³-hybridized carbons (Fsp3) is 0.150. The van der Waals surface area contributed by atoms with Crippen LogP contribution in [0, 0.1) is 5.82 Å². The third kappa shape index (κ3) is 2.90. The average Bonchev–Trinajstić information content (AvgIpc) is 2.99. The van der Waals surface area contributed by atoms with Crippen molar-refractivity contribution in [1.82, 2.24) is 9.97 Å². The molecule has 6 heteroatoms. The second-order valence-electron chi connectivity index (χ2n) is 6.25. The molecule has 0 aliphatic carbocycles. The third-order valence-corrected chi connectivity index (χ3v) is 4.46. The summed E-state index contributed by atoms with van der Waals surface area (Å²) in [5.74, 6) is -0.313. The van der Waals surface area contributed by atoms with Gasteiger partial charge in [-0.1, -0.05) is 30.3 Å². The van der Waals surface area contributed by atoms with E-state index in [4.69, 9.17) is 0 Å². The maximum atomic E-state index is 13.8. The van der Waals surface area contributed by atoms with E-state index < -0.39 is 11.7 Å². The molecule has 1 aliphatic rings. The Bertz CT molecular complexity index is 975. The number of rotatable bonds is 3. The Balaban J connectivity index is 1.63. The summed E-state index contributed by atoms with van der Waals surface area (Å²) >= 11 is 0. The van der Waals surface area contributed by atoms with Gasteiger partial charge in [-0.2, -0.15) is 0 Å². The van der Waals surface area contributed by atoms with Crippen LogP contribution >= 0.6 is 0 Å². The molecule has 26 heavy (non-hydrogen) atoms. The van der Waals surface area contributed by atoms with Crippen molar-refractivity contribution in [2.24, 2.45) is 0 Å². The summed E-state index contributed by atoms with van der Waals surface area (Å²) in [5, 5.41) is 2.55. The number of anilines is 3. The molecule has 0 bridgehead atoms. The topological polar surface area (TPSA) is 58.1 Å². The molecule has 3 aromatic rings. The summed E-state index contributed by atoms with van der Waals surface area (Å²) in [6, 6.07) is 16.0. The standard InChI is InChI=1S/C20H17FN4O/c1-13-10-14-6-2-5-9-18(14)25(13)19-11-17(22-12-23-19)20(26)24-16-8-4-3-7-15(16)21/h2-9,11-13H,10H2,1H3,(H,24,26). The van der Waals surface area contributed by atoms with Gasteiger partial charge in [0.05, 0.1) is 5.69 Å². The van der Waals surface area contributed by atoms with Crippen LogP contribution in [0.3, 0.4) is 0 Å². The fourth-order valence-corrected chi connectivity index (χ4v) is 3.27. The lowest BCUT2D eigenvalue weighted by Gasteiger charge is -2.23. The molecule has 1 aliphatic heterocycles. The zero-order valence-electron chi connectivity index (χ0n) is 14.2. The second-order valence-corrected chi connectivity index (χ2v) is 6.25. The smallest absolute Gasteiger partial charge is 0.274 e. The lowest BCUT2D eigenvalue weighted by atomic mass is 10.1. The summed E-state index contributed by atoms with van der Waals surface area (Å²) in [6.45, 7) is 2.11. The van der Waals surface area contributed by atoms with Crippen molar-refractivity contribution in [2.75, 3.05) is 10.2 Å². The molecule has 1 amide bonds. The largest absolute Gasteiger partial charge is 0.323 e. The van der Waals surface area contributed by atoms with Gasteiger partial charge in [-0.25, -0.2) is 14.4 Å². The molecule has 0 spiro atoms. The van der Waals surface area contributed by atoms with Crippen molar-refractivity contribution < 1.29 is 9.18 Å². The van der Waals surface area contributed by atoms with Gasteiger partial charge < -0.3 is 10.2 Å². The minimum atomic E-state index is -0.489. The number of para-hydroxylation sites is 2. The number of amides is 1. The number of aromatic nitrogens is 2. The molecule has 0 saturated carbocycles. The van der Waals surface area contributed by atoms with Gasteiger partial charge in [0.1, 0.15) is 23.7 Å². The molecular formula is C20H17FN4O. The van der Waals surface area contributed by atoms with Crippen molar-refractivity contribution in [1.29, 1.82) is 0 Å². The highest BCUT2D eigenvalue weighted by atomic mass is 19.1. The molecule has 0 saturated heterocycles. The molecule has 130 valence electrons. The van der Waals surface area contributed by atoms with Gasteiger partial charge in [0.15, 0.2) is 0 Å². The lowest BCUT2D eigenvalue weighted by molar-refractivity contribution is 0.102. The first kappa shape index (κ1) is 16.2. The molecule has 1 N–H and O–H groups in total. The van der Waals surface area contributed by atoms with Gasteiger partial charge in [-0.15, -0.1) is 0 Å². The number of carbonyl (C=O) groups is 1. The van der Waals surface area contributed by atoms with Crippen LogP contribution in [-0.4, -0.2) is 21.9 Å². The lowest BCUT2D eigenvalue weighted by Crippen LogP contribution is -2.25. The fourth-order valence-electron chi connectivity index (χ4n) is 3.27. The van der Waals surface area contributed by atoms with E-state index in [2.05, 4.69) is 33.2 Å². The number of hydrogen-bond acceptors (Lipinski definition) is 4. The highest BCUT2D eigenvalue weighted by molar-refractivity contribution is 6.03. The number of nitrogens with one attached hydrogen (secondary N) is 1. The van der Waals surface area contributed by atoms with Crippen molar-refractivity contribution in [3.8, 4) is 0 Å². The zero-order chi connectivity index (χ0) is 18.1. The predicted octanol–water partition coefficient (Wildman–Crippen LogP) is 3.95. The number of benzene rings is 2. The molecule has 1 atom stereocenters. The Hall–Kier alpha value is -3.28. The van der Waals surface area contributed by atoms with Gasteiger partial charge in [0.25, 0.3) is 5.91 Å². The summed E-state index contributed by atoms with van der Waals surface area (Å²) in [4.78, 5) is 23.0. The quantitative estimate of drug-likeness (QED) is 0.779. The van der Waals surface area contributed by atoms with E-state index in [1.807, 2.05) is 18.2 Å². The van der Waals surface area contributed by atoms with E-state index >= 15 is 0 Å². The molecule has 0 fully saturated rings.